The number of hydrogen-bond acceptors (Lipinski definition) is 4. The summed E-state index contributed by atoms with van der Waals surface area (Å²) >= 11 is 13.4. The lowest BCUT2D eigenvalue weighted by molar-refractivity contribution is 1.29. The van der Waals surface area contributed by atoms with Crippen molar-refractivity contribution in [3.05, 3.63) is 45.4 Å². The van der Waals surface area contributed by atoms with Gasteiger partial charge in [0, 0.05) is 17.1 Å². The molecule has 0 saturated heterocycles. The summed E-state index contributed by atoms with van der Waals surface area (Å²) in [6, 6.07) is 5.31. The lowest BCUT2D eigenvalue weighted by atomic mass is 10.2. The van der Waals surface area contributed by atoms with Crippen LogP contribution in [-0.2, 0) is 0 Å². The van der Waals surface area contributed by atoms with Crippen molar-refractivity contribution >= 4 is 45.9 Å². The summed E-state index contributed by atoms with van der Waals surface area (Å²) < 4.78 is 0. The maximum atomic E-state index is 5.97. The summed E-state index contributed by atoms with van der Waals surface area (Å²) in [6.07, 6.45) is 3.27. The summed E-state index contributed by atoms with van der Waals surface area (Å²) in [5.41, 5.74) is 3.48. The second kappa shape index (κ2) is 5.30. The molecule has 0 atom stereocenters. The zero-order valence-corrected chi connectivity index (χ0v) is 10.4. The van der Waals surface area contributed by atoms with Gasteiger partial charge in [0.05, 0.1) is 16.3 Å². The van der Waals surface area contributed by atoms with E-state index in [0.717, 1.165) is 5.13 Å². The average Bonchev–Trinajstić information content (AvgIpc) is 2.75. The Morgan fingerprint density at radius 1 is 1.31 bits per heavy atom. The molecule has 0 radical (unpaired) electrons. The Morgan fingerprint density at radius 3 is 2.69 bits per heavy atom. The number of benzene rings is 1. The van der Waals surface area contributed by atoms with Crippen molar-refractivity contribution in [2.75, 3.05) is 5.43 Å². The van der Waals surface area contributed by atoms with Crippen LogP contribution in [-0.4, -0.2) is 11.2 Å². The van der Waals surface area contributed by atoms with E-state index in [1.54, 1.807) is 30.6 Å². The quantitative estimate of drug-likeness (QED) is 0.679. The number of aromatic nitrogens is 1. The van der Waals surface area contributed by atoms with Crippen molar-refractivity contribution in [1.29, 1.82) is 0 Å². The fraction of sp³-hybridized carbons (Fsp3) is 0. The largest absolute Gasteiger partial charge is 0.253 e. The molecule has 16 heavy (non-hydrogen) atoms. The van der Waals surface area contributed by atoms with Gasteiger partial charge in [0.15, 0.2) is 0 Å². The summed E-state index contributed by atoms with van der Waals surface area (Å²) in [5, 5.41) is 7.73. The Hall–Kier alpha value is -1.10. The molecule has 1 N–H and O–H groups in total. The first-order valence-electron chi connectivity index (χ1n) is 4.40. The van der Waals surface area contributed by atoms with Crippen molar-refractivity contribution in [1.82, 2.24) is 4.98 Å². The molecule has 1 heterocycles. The first-order valence-corrected chi connectivity index (χ1v) is 6.03. The summed E-state index contributed by atoms with van der Waals surface area (Å²) in [5.74, 6) is 0. The molecule has 6 heteroatoms. The summed E-state index contributed by atoms with van der Waals surface area (Å²) in [4.78, 5) is 4.02. The average molecular weight is 272 g/mol. The van der Waals surface area contributed by atoms with Gasteiger partial charge in [0.1, 0.15) is 0 Å². The van der Waals surface area contributed by atoms with Gasteiger partial charge in [-0.2, -0.15) is 5.10 Å². The molecule has 0 aliphatic carbocycles. The zero-order chi connectivity index (χ0) is 11.4. The maximum Gasteiger partial charge on any atom is 0.203 e. The Bertz CT molecular complexity index is 477. The monoisotopic (exact) mass is 271 g/mol. The van der Waals surface area contributed by atoms with E-state index in [4.69, 9.17) is 23.2 Å². The molecule has 0 fully saturated rings. The molecule has 1 aromatic heterocycles. The van der Waals surface area contributed by atoms with Gasteiger partial charge in [0.2, 0.25) is 5.13 Å². The van der Waals surface area contributed by atoms with Gasteiger partial charge < -0.3 is 0 Å². The van der Waals surface area contributed by atoms with E-state index < -0.39 is 0 Å². The van der Waals surface area contributed by atoms with Crippen LogP contribution in [0.15, 0.2) is 34.9 Å². The third-order valence-electron chi connectivity index (χ3n) is 1.79. The van der Waals surface area contributed by atoms with E-state index in [9.17, 15) is 0 Å². The first kappa shape index (κ1) is 11.4. The van der Waals surface area contributed by atoms with Gasteiger partial charge in [-0.05, 0) is 12.1 Å². The number of hydrazone groups is 1. The van der Waals surface area contributed by atoms with Crippen LogP contribution in [0.25, 0.3) is 0 Å². The molecule has 2 aromatic rings. The molecule has 0 aliphatic heterocycles. The molecule has 82 valence electrons. The molecular formula is C10H7Cl2N3S. The lowest BCUT2D eigenvalue weighted by Crippen LogP contribution is -1.91. The molecule has 0 aliphatic rings. The molecule has 1 aromatic carbocycles. The Kier molecular flexibility index (Phi) is 3.77. The van der Waals surface area contributed by atoms with Gasteiger partial charge in [-0.3, -0.25) is 5.43 Å². The number of nitrogens with one attached hydrogen (secondary N) is 1. The van der Waals surface area contributed by atoms with Crippen molar-refractivity contribution in [3.63, 3.8) is 0 Å². The van der Waals surface area contributed by atoms with Crippen molar-refractivity contribution < 1.29 is 0 Å². The minimum Gasteiger partial charge on any atom is -0.253 e. The fourth-order valence-corrected chi connectivity index (χ4v) is 2.04. The standard InChI is InChI=1S/C10H7Cl2N3S/c11-8-2-1-3-9(12)7(8)6-14-15-10-13-4-5-16-10/h1-6H,(H,13,15)/b14-6-. The Morgan fingerprint density at radius 2 is 2.06 bits per heavy atom. The molecule has 0 spiro atoms. The third-order valence-corrected chi connectivity index (χ3v) is 3.12. The van der Waals surface area contributed by atoms with Crippen LogP contribution in [0, 0.1) is 0 Å². The van der Waals surface area contributed by atoms with Gasteiger partial charge >= 0.3 is 0 Å². The van der Waals surface area contributed by atoms with Crippen LogP contribution in [0.1, 0.15) is 5.56 Å². The number of halogens is 2. The normalized spacial score (nSPS) is 10.9. The predicted octanol–water partition coefficient (Wildman–Crippen LogP) is 3.90. The van der Waals surface area contributed by atoms with E-state index in [-0.39, 0.29) is 0 Å². The molecule has 3 nitrogen and oxygen atoms in total. The van der Waals surface area contributed by atoms with Crippen LogP contribution in [0.5, 0.6) is 0 Å². The number of thiazole rings is 1. The molecule has 0 saturated carbocycles. The zero-order valence-electron chi connectivity index (χ0n) is 8.02. The Labute approximate surface area is 107 Å². The van der Waals surface area contributed by atoms with Crippen molar-refractivity contribution in [3.8, 4) is 0 Å². The molecule has 0 unspecified atom stereocenters. The second-order valence-corrected chi connectivity index (χ2v) is 4.55. The van der Waals surface area contributed by atoms with E-state index >= 15 is 0 Å². The van der Waals surface area contributed by atoms with Crippen LogP contribution >= 0.6 is 34.5 Å². The topological polar surface area (TPSA) is 37.3 Å². The molecule has 0 bridgehead atoms. The van der Waals surface area contributed by atoms with E-state index in [1.807, 2.05) is 5.38 Å². The second-order valence-electron chi connectivity index (χ2n) is 2.84. The molecular weight excluding hydrogens is 265 g/mol. The molecule has 0 amide bonds. The van der Waals surface area contributed by atoms with Gasteiger partial charge in [-0.15, -0.1) is 11.3 Å². The fourth-order valence-electron chi connectivity index (χ4n) is 1.06. The highest BCUT2D eigenvalue weighted by Gasteiger charge is 2.01. The van der Waals surface area contributed by atoms with Crippen LogP contribution in [0.4, 0.5) is 5.13 Å². The van der Waals surface area contributed by atoms with Crippen LogP contribution < -0.4 is 5.43 Å². The minimum atomic E-state index is 0.567. The van der Waals surface area contributed by atoms with Gasteiger partial charge in [-0.1, -0.05) is 29.3 Å². The first-order chi connectivity index (χ1) is 7.77. The minimum absolute atomic E-state index is 0.567. The summed E-state index contributed by atoms with van der Waals surface area (Å²) in [6.45, 7) is 0. The maximum absolute atomic E-state index is 5.97. The highest BCUT2D eigenvalue weighted by atomic mass is 35.5. The molecule has 2 rings (SSSR count). The highest BCUT2D eigenvalue weighted by molar-refractivity contribution is 7.13. The number of rotatable bonds is 3. The van der Waals surface area contributed by atoms with Crippen LogP contribution in [0.3, 0.4) is 0 Å². The van der Waals surface area contributed by atoms with Crippen molar-refractivity contribution in [2.45, 2.75) is 0 Å². The Balaban J connectivity index is 2.12. The lowest BCUT2D eigenvalue weighted by Gasteiger charge is -1.99. The number of hydrogen-bond donors (Lipinski definition) is 1. The van der Waals surface area contributed by atoms with Crippen LogP contribution in [0.2, 0.25) is 10.0 Å². The number of anilines is 1. The predicted molar refractivity (Wildman–Crippen MR) is 69.8 cm³/mol. The van der Waals surface area contributed by atoms with Crippen molar-refractivity contribution in [2.24, 2.45) is 5.10 Å². The van der Waals surface area contributed by atoms with Gasteiger partial charge in [-0.25, -0.2) is 4.98 Å². The summed E-state index contributed by atoms with van der Waals surface area (Å²) in [7, 11) is 0. The highest BCUT2D eigenvalue weighted by Crippen LogP contribution is 2.22. The SMILES string of the molecule is Clc1cccc(Cl)c1/C=N\Nc1nccs1. The number of nitrogens with zero attached hydrogens (tertiary/aromatic N) is 2. The van der Waals surface area contributed by atoms with Gasteiger partial charge in [0.25, 0.3) is 0 Å². The van der Waals surface area contributed by atoms with E-state index in [2.05, 4.69) is 15.5 Å². The van der Waals surface area contributed by atoms with E-state index in [0.29, 0.717) is 15.6 Å². The van der Waals surface area contributed by atoms with E-state index in [1.165, 1.54) is 11.3 Å². The third kappa shape index (κ3) is 2.72. The smallest absolute Gasteiger partial charge is 0.203 e.